The number of hydrogen-bond acceptors (Lipinski definition) is 6. The highest BCUT2D eigenvalue weighted by atomic mass is 19.4. The van der Waals surface area contributed by atoms with E-state index < -0.39 is 29.7 Å². The van der Waals surface area contributed by atoms with Crippen molar-refractivity contribution in [3.8, 4) is 0 Å². The molecule has 2 aromatic rings. The van der Waals surface area contributed by atoms with Gasteiger partial charge in [-0.05, 0) is 74.6 Å². The number of anilines is 1. The lowest BCUT2D eigenvalue weighted by molar-refractivity contribution is -0.147. The molecule has 41 heavy (non-hydrogen) atoms. The average Bonchev–Trinajstić information content (AvgIpc) is 2.89. The third-order valence-corrected chi connectivity index (χ3v) is 5.88. The molecule has 11 heteroatoms. The van der Waals surface area contributed by atoms with E-state index in [9.17, 15) is 27.6 Å². The van der Waals surface area contributed by atoms with Gasteiger partial charge in [0, 0.05) is 37.2 Å². The lowest BCUT2D eigenvalue weighted by Crippen LogP contribution is -2.43. The molecule has 0 saturated heterocycles. The first kappa shape index (κ1) is 33.3. The number of amidine groups is 1. The number of benzene rings is 2. The van der Waals surface area contributed by atoms with Crippen molar-refractivity contribution in [2.24, 2.45) is 10.9 Å². The summed E-state index contributed by atoms with van der Waals surface area (Å²) in [6, 6.07) is 8.77. The second kappa shape index (κ2) is 15.8. The first-order chi connectivity index (χ1) is 19.3. The summed E-state index contributed by atoms with van der Waals surface area (Å²) in [5.41, 5.74) is 0.403. The zero-order valence-electron chi connectivity index (χ0n) is 24.2. The van der Waals surface area contributed by atoms with E-state index in [1.807, 2.05) is 20.8 Å². The van der Waals surface area contributed by atoms with Crippen LogP contribution in [0.25, 0.3) is 0 Å². The van der Waals surface area contributed by atoms with E-state index in [-0.39, 0.29) is 36.8 Å². The summed E-state index contributed by atoms with van der Waals surface area (Å²) in [7, 11) is 0. The maximum absolute atomic E-state index is 13.0. The van der Waals surface area contributed by atoms with Crippen molar-refractivity contribution in [2.45, 2.75) is 66.1 Å². The lowest BCUT2D eigenvalue weighted by atomic mass is 10.0. The van der Waals surface area contributed by atoms with Crippen molar-refractivity contribution >= 4 is 29.3 Å². The second-order valence-electron chi connectivity index (χ2n) is 10.2. The predicted octanol–water partition coefficient (Wildman–Crippen LogP) is 5.30. The first-order valence-corrected chi connectivity index (χ1v) is 13.6. The number of nitrogens with one attached hydrogen (secondary N) is 3. The van der Waals surface area contributed by atoms with Crippen molar-refractivity contribution < 1.29 is 32.3 Å². The summed E-state index contributed by atoms with van der Waals surface area (Å²) >= 11 is 0. The number of carbonyl (C=O) groups is 3. The SMILES string of the molecule is CC1=NCCCN1.CCOC(=O)C(Cc1ccc(NC(=O)c2cc(C)cc(C(F)(F)F)c2)cc1)NC(=O)CC(C)C. The fourth-order valence-corrected chi connectivity index (χ4v) is 3.95. The van der Waals surface area contributed by atoms with E-state index in [1.165, 1.54) is 19.4 Å². The maximum Gasteiger partial charge on any atom is 0.416 e. The predicted molar refractivity (Wildman–Crippen MR) is 153 cm³/mol. The minimum atomic E-state index is -4.55. The van der Waals surface area contributed by atoms with E-state index in [2.05, 4.69) is 20.9 Å². The fraction of sp³-hybridized carbons (Fsp3) is 0.467. The van der Waals surface area contributed by atoms with Gasteiger partial charge >= 0.3 is 12.1 Å². The van der Waals surface area contributed by atoms with Crippen LogP contribution in [-0.4, -0.2) is 49.4 Å². The number of halogens is 3. The summed E-state index contributed by atoms with van der Waals surface area (Å²) in [5.74, 6) is -0.255. The molecule has 1 aliphatic rings. The van der Waals surface area contributed by atoms with Crippen molar-refractivity contribution in [1.29, 1.82) is 0 Å². The number of carbonyl (C=O) groups excluding carboxylic acids is 3. The molecule has 1 heterocycles. The molecule has 3 rings (SSSR count). The Bertz CT molecular complexity index is 1210. The van der Waals surface area contributed by atoms with E-state index in [0.29, 0.717) is 16.8 Å². The molecule has 0 fully saturated rings. The van der Waals surface area contributed by atoms with Gasteiger partial charge < -0.3 is 20.7 Å². The normalized spacial score (nSPS) is 13.6. The molecule has 1 aliphatic heterocycles. The molecular formula is C30H39F3N4O4. The van der Waals surface area contributed by atoms with Crippen LogP contribution in [0.3, 0.4) is 0 Å². The van der Waals surface area contributed by atoms with Crippen molar-refractivity contribution in [1.82, 2.24) is 10.6 Å². The van der Waals surface area contributed by atoms with Gasteiger partial charge in [0.15, 0.2) is 0 Å². The number of amides is 2. The largest absolute Gasteiger partial charge is 0.464 e. The summed E-state index contributed by atoms with van der Waals surface area (Å²) in [6.07, 6.45) is -2.90. The first-order valence-electron chi connectivity index (χ1n) is 13.6. The number of aryl methyl sites for hydroxylation is 1. The molecule has 0 radical (unpaired) electrons. The van der Waals surface area contributed by atoms with Crippen LogP contribution in [0.4, 0.5) is 18.9 Å². The average molecular weight is 577 g/mol. The molecule has 0 aromatic heterocycles. The number of hydrogen-bond donors (Lipinski definition) is 3. The van der Waals surface area contributed by atoms with Crippen LogP contribution in [0.1, 0.15) is 67.6 Å². The van der Waals surface area contributed by atoms with Crippen LogP contribution in [-0.2, 0) is 26.9 Å². The lowest BCUT2D eigenvalue weighted by Gasteiger charge is -2.18. The van der Waals surface area contributed by atoms with Gasteiger partial charge in [-0.15, -0.1) is 0 Å². The molecule has 224 valence electrons. The van der Waals surface area contributed by atoms with Gasteiger partial charge in [-0.2, -0.15) is 13.2 Å². The third-order valence-electron chi connectivity index (χ3n) is 5.88. The van der Waals surface area contributed by atoms with Crippen LogP contribution >= 0.6 is 0 Å². The van der Waals surface area contributed by atoms with Crippen LogP contribution in [0.5, 0.6) is 0 Å². The van der Waals surface area contributed by atoms with E-state index in [0.717, 1.165) is 31.1 Å². The van der Waals surface area contributed by atoms with Gasteiger partial charge in [0.1, 0.15) is 6.04 Å². The van der Waals surface area contributed by atoms with Gasteiger partial charge in [0.05, 0.1) is 18.0 Å². The van der Waals surface area contributed by atoms with Crippen molar-refractivity contribution in [3.63, 3.8) is 0 Å². The molecule has 1 atom stereocenters. The quantitative estimate of drug-likeness (QED) is 0.351. The van der Waals surface area contributed by atoms with Crippen molar-refractivity contribution in [3.05, 3.63) is 64.7 Å². The Morgan fingerprint density at radius 1 is 1.07 bits per heavy atom. The molecule has 0 bridgehead atoms. The standard InChI is InChI=1S/C25H29F3N2O4.C5H10N2/c1-5-34-24(33)21(30-22(31)10-15(2)3)13-17-6-8-20(9-7-17)29-23(32)18-11-16(4)12-19(14-18)25(26,27)28;1-5-6-3-2-4-7-5/h6-9,11-12,14-15,21H,5,10,13H2,1-4H3,(H,29,32)(H,30,31);2-4H2,1H3,(H,6,7). The second-order valence-corrected chi connectivity index (χ2v) is 10.2. The molecule has 0 aliphatic carbocycles. The Balaban J connectivity index is 0.000000729. The molecule has 2 aromatic carbocycles. The van der Waals surface area contributed by atoms with Crippen LogP contribution < -0.4 is 16.0 Å². The summed E-state index contributed by atoms with van der Waals surface area (Å²) in [4.78, 5) is 41.1. The number of esters is 1. The molecule has 0 spiro atoms. The zero-order chi connectivity index (χ0) is 30.6. The molecule has 0 saturated carbocycles. The van der Waals surface area contributed by atoms with Crippen LogP contribution in [0.2, 0.25) is 0 Å². The van der Waals surface area contributed by atoms with Gasteiger partial charge in [-0.25, -0.2) is 4.79 Å². The number of rotatable bonds is 9. The Labute approximate surface area is 239 Å². The Morgan fingerprint density at radius 2 is 1.76 bits per heavy atom. The zero-order valence-corrected chi connectivity index (χ0v) is 24.2. The minimum Gasteiger partial charge on any atom is -0.464 e. The topological polar surface area (TPSA) is 109 Å². The number of ether oxygens (including phenoxy) is 1. The van der Waals surface area contributed by atoms with Gasteiger partial charge in [-0.3, -0.25) is 14.6 Å². The number of aliphatic imine (C=N–C) groups is 1. The Hall–Kier alpha value is -3.89. The third kappa shape index (κ3) is 12.0. The highest BCUT2D eigenvalue weighted by Gasteiger charge is 2.31. The summed E-state index contributed by atoms with van der Waals surface area (Å²) in [6.45, 7) is 11.2. The minimum absolute atomic E-state index is 0.105. The number of alkyl halides is 3. The Morgan fingerprint density at radius 3 is 2.27 bits per heavy atom. The Kier molecular flexibility index (Phi) is 12.8. The maximum atomic E-state index is 13.0. The summed E-state index contributed by atoms with van der Waals surface area (Å²) in [5, 5.41) is 8.40. The van der Waals surface area contributed by atoms with E-state index in [4.69, 9.17) is 4.74 Å². The smallest absolute Gasteiger partial charge is 0.416 e. The highest BCUT2D eigenvalue weighted by molar-refractivity contribution is 6.04. The van der Waals surface area contributed by atoms with Crippen molar-refractivity contribution in [2.75, 3.05) is 25.0 Å². The van der Waals surface area contributed by atoms with Crippen LogP contribution in [0, 0.1) is 12.8 Å². The molecule has 3 N–H and O–H groups in total. The molecule has 1 unspecified atom stereocenters. The van der Waals surface area contributed by atoms with E-state index >= 15 is 0 Å². The van der Waals surface area contributed by atoms with E-state index in [1.54, 1.807) is 31.2 Å². The molecular weight excluding hydrogens is 537 g/mol. The summed E-state index contributed by atoms with van der Waals surface area (Å²) < 4.78 is 44.2. The number of nitrogens with zero attached hydrogens (tertiary/aromatic N) is 1. The highest BCUT2D eigenvalue weighted by Crippen LogP contribution is 2.30. The van der Waals surface area contributed by atoms with Gasteiger partial charge in [-0.1, -0.05) is 26.0 Å². The fourth-order valence-electron chi connectivity index (χ4n) is 3.95. The molecule has 2 amide bonds. The molecule has 8 nitrogen and oxygen atoms in total. The van der Waals surface area contributed by atoms with Crippen LogP contribution in [0.15, 0.2) is 47.5 Å². The van der Waals surface area contributed by atoms with Gasteiger partial charge in [0.25, 0.3) is 5.91 Å². The van der Waals surface area contributed by atoms with Gasteiger partial charge in [0.2, 0.25) is 5.91 Å². The monoisotopic (exact) mass is 576 g/mol.